The van der Waals surface area contributed by atoms with Crippen molar-refractivity contribution in [2.45, 2.75) is 0 Å². The van der Waals surface area contributed by atoms with Gasteiger partial charge < -0.3 is 4.74 Å². The predicted octanol–water partition coefficient (Wildman–Crippen LogP) is 2.17. The smallest absolute Gasteiger partial charge is 0.339 e. The molecular formula is C8H5ClFNO4. The van der Waals surface area contributed by atoms with E-state index in [4.69, 9.17) is 11.6 Å². The molecule has 0 aliphatic carbocycles. The van der Waals surface area contributed by atoms with Gasteiger partial charge in [0.25, 0.3) is 0 Å². The molecule has 0 bridgehead atoms. The quantitative estimate of drug-likeness (QED) is 0.446. The predicted molar refractivity (Wildman–Crippen MR) is 49.4 cm³/mol. The van der Waals surface area contributed by atoms with E-state index < -0.39 is 22.4 Å². The molecule has 0 aliphatic heterocycles. The van der Waals surface area contributed by atoms with E-state index in [1.165, 1.54) is 0 Å². The lowest BCUT2D eigenvalue weighted by Crippen LogP contribution is -2.04. The summed E-state index contributed by atoms with van der Waals surface area (Å²) in [7, 11) is 1.10. The third-order valence-electron chi connectivity index (χ3n) is 1.64. The first-order valence-electron chi connectivity index (χ1n) is 3.69. The lowest BCUT2D eigenvalue weighted by atomic mass is 10.2. The minimum atomic E-state index is -1.13. The highest BCUT2D eigenvalue weighted by atomic mass is 35.5. The van der Waals surface area contributed by atoms with Gasteiger partial charge in [0.15, 0.2) is 0 Å². The summed E-state index contributed by atoms with van der Waals surface area (Å²) in [5, 5.41) is 10.1. The van der Waals surface area contributed by atoms with E-state index in [2.05, 4.69) is 4.74 Å². The Morgan fingerprint density at radius 2 is 2.20 bits per heavy atom. The third kappa shape index (κ3) is 2.21. The lowest BCUT2D eigenvalue weighted by Gasteiger charge is -2.02. The van der Waals surface area contributed by atoms with Crippen LogP contribution in [0.1, 0.15) is 10.4 Å². The van der Waals surface area contributed by atoms with Crippen molar-refractivity contribution in [3.8, 4) is 0 Å². The minimum Gasteiger partial charge on any atom is -0.465 e. The van der Waals surface area contributed by atoms with Gasteiger partial charge >= 0.3 is 11.7 Å². The largest absolute Gasteiger partial charge is 0.465 e. The highest BCUT2D eigenvalue weighted by Gasteiger charge is 2.21. The number of carbonyl (C=O) groups is 1. The molecule has 0 fully saturated rings. The van der Waals surface area contributed by atoms with Crippen molar-refractivity contribution in [2.24, 2.45) is 0 Å². The summed E-state index contributed by atoms with van der Waals surface area (Å²) in [6.07, 6.45) is 0. The van der Waals surface area contributed by atoms with Crippen molar-refractivity contribution in [1.29, 1.82) is 0 Å². The standard InChI is InChI=1S/C8H5ClFNO4/c1-15-8(12)4-2-6(10)7(11(13)14)3-5(4)9/h2-3H,1H3. The van der Waals surface area contributed by atoms with E-state index in [9.17, 15) is 19.3 Å². The fourth-order valence-electron chi connectivity index (χ4n) is 0.943. The highest BCUT2D eigenvalue weighted by Crippen LogP contribution is 2.26. The summed E-state index contributed by atoms with van der Waals surface area (Å²) in [5.41, 5.74) is -1.03. The van der Waals surface area contributed by atoms with Crippen LogP contribution in [-0.2, 0) is 4.74 Å². The van der Waals surface area contributed by atoms with Crippen LogP contribution < -0.4 is 0 Å². The van der Waals surface area contributed by atoms with Crippen LogP contribution in [0.3, 0.4) is 0 Å². The second-order valence-electron chi connectivity index (χ2n) is 2.53. The van der Waals surface area contributed by atoms with Gasteiger partial charge in [0, 0.05) is 6.07 Å². The Labute approximate surface area is 88.6 Å². The van der Waals surface area contributed by atoms with Crippen LogP contribution in [0.4, 0.5) is 10.1 Å². The average molecular weight is 234 g/mol. The molecule has 0 radical (unpaired) electrons. The number of ether oxygens (including phenoxy) is 1. The summed E-state index contributed by atoms with van der Waals surface area (Å²) in [6.45, 7) is 0. The molecular weight excluding hydrogens is 229 g/mol. The van der Waals surface area contributed by atoms with Gasteiger partial charge in [0.1, 0.15) is 0 Å². The van der Waals surface area contributed by atoms with Gasteiger partial charge in [-0.1, -0.05) is 11.6 Å². The van der Waals surface area contributed by atoms with Crippen LogP contribution in [0.25, 0.3) is 0 Å². The number of rotatable bonds is 2. The molecule has 1 rings (SSSR count). The Hall–Kier alpha value is -1.69. The first kappa shape index (κ1) is 11.4. The van der Waals surface area contributed by atoms with Crippen molar-refractivity contribution < 1.29 is 18.8 Å². The van der Waals surface area contributed by atoms with Crippen molar-refractivity contribution in [3.63, 3.8) is 0 Å². The molecule has 0 N–H and O–H groups in total. The molecule has 0 heterocycles. The average Bonchev–Trinajstić information content (AvgIpc) is 2.19. The molecule has 80 valence electrons. The topological polar surface area (TPSA) is 69.4 Å². The maximum absolute atomic E-state index is 13.1. The monoisotopic (exact) mass is 233 g/mol. The van der Waals surface area contributed by atoms with Crippen molar-refractivity contribution in [3.05, 3.63) is 38.7 Å². The molecule has 0 spiro atoms. The zero-order valence-electron chi connectivity index (χ0n) is 7.49. The van der Waals surface area contributed by atoms with Gasteiger partial charge in [-0.3, -0.25) is 10.1 Å². The molecule has 1 aromatic carbocycles. The Kier molecular flexibility index (Phi) is 3.21. The van der Waals surface area contributed by atoms with E-state index in [1.54, 1.807) is 0 Å². The first-order valence-corrected chi connectivity index (χ1v) is 4.07. The fraction of sp³-hybridized carbons (Fsp3) is 0.125. The Morgan fingerprint density at radius 1 is 1.60 bits per heavy atom. The van der Waals surface area contributed by atoms with Gasteiger partial charge in [-0.15, -0.1) is 0 Å². The number of halogens is 2. The summed E-state index contributed by atoms with van der Waals surface area (Å²) in [5.74, 6) is -1.99. The molecule has 0 amide bonds. The molecule has 0 saturated heterocycles. The maximum atomic E-state index is 13.1. The van der Waals surface area contributed by atoms with Gasteiger partial charge in [-0.25, -0.2) is 4.79 Å². The molecule has 1 aromatic rings. The summed E-state index contributed by atoms with van der Waals surface area (Å²) in [6, 6.07) is 1.44. The van der Waals surface area contributed by atoms with Crippen LogP contribution >= 0.6 is 11.6 Å². The summed E-state index contributed by atoms with van der Waals surface area (Å²) < 4.78 is 17.4. The van der Waals surface area contributed by atoms with E-state index in [-0.39, 0.29) is 10.6 Å². The number of nitro groups is 1. The number of benzene rings is 1. The zero-order valence-corrected chi connectivity index (χ0v) is 8.25. The molecule has 0 unspecified atom stereocenters. The molecule has 5 nitrogen and oxygen atoms in total. The van der Waals surface area contributed by atoms with E-state index in [0.29, 0.717) is 6.07 Å². The second kappa shape index (κ2) is 4.22. The number of esters is 1. The Balaban J connectivity index is 3.31. The van der Waals surface area contributed by atoms with E-state index in [0.717, 1.165) is 13.2 Å². The Bertz CT molecular complexity index is 435. The van der Waals surface area contributed by atoms with Crippen molar-refractivity contribution >= 4 is 23.3 Å². The van der Waals surface area contributed by atoms with Crippen LogP contribution in [0, 0.1) is 15.9 Å². The van der Waals surface area contributed by atoms with E-state index >= 15 is 0 Å². The van der Waals surface area contributed by atoms with E-state index in [1.807, 2.05) is 0 Å². The molecule has 0 saturated carbocycles. The third-order valence-corrected chi connectivity index (χ3v) is 1.95. The van der Waals surface area contributed by atoms with Crippen LogP contribution in [0.2, 0.25) is 5.02 Å². The molecule has 15 heavy (non-hydrogen) atoms. The molecule has 0 atom stereocenters. The molecule has 0 aromatic heterocycles. The van der Waals surface area contributed by atoms with Gasteiger partial charge in [-0.2, -0.15) is 4.39 Å². The zero-order chi connectivity index (χ0) is 11.6. The summed E-state index contributed by atoms with van der Waals surface area (Å²) >= 11 is 5.55. The van der Waals surface area contributed by atoms with Gasteiger partial charge in [-0.05, 0) is 6.07 Å². The number of hydrogen-bond donors (Lipinski definition) is 0. The number of nitro benzene ring substituents is 1. The number of methoxy groups -OCH3 is 1. The van der Waals surface area contributed by atoms with Gasteiger partial charge in [0.2, 0.25) is 5.82 Å². The van der Waals surface area contributed by atoms with Crippen molar-refractivity contribution in [2.75, 3.05) is 7.11 Å². The maximum Gasteiger partial charge on any atom is 0.339 e. The highest BCUT2D eigenvalue weighted by molar-refractivity contribution is 6.33. The lowest BCUT2D eigenvalue weighted by molar-refractivity contribution is -0.387. The van der Waals surface area contributed by atoms with Crippen LogP contribution in [-0.4, -0.2) is 18.0 Å². The fourth-order valence-corrected chi connectivity index (χ4v) is 1.18. The van der Waals surface area contributed by atoms with Crippen LogP contribution in [0.5, 0.6) is 0 Å². The first-order chi connectivity index (χ1) is 6.97. The van der Waals surface area contributed by atoms with Gasteiger partial charge in [0.05, 0.1) is 22.6 Å². The number of hydrogen-bond acceptors (Lipinski definition) is 4. The number of carbonyl (C=O) groups excluding carboxylic acids is 1. The SMILES string of the molecule is COC(=O)c1cc(F)c([N+](=O)[O-])cc1Cl. The van der Waals surface area contributed by atoms with Crippen molar-refractivity contribution in [1.82, 2.24) is 0 Å². The minimum absolute atomic E-state index is 0.227. The Morgan fingerprint density at radius 3 is 2.67 bits per heavy atom. The normalized spacial score (nSPS) is 9.80. The number of nitrogens with zero attached hydrogens (tertiary/aromatic N) is 1. The summed E-state index contributed by atoms with van der Waals surface area (Å²) in [4.78, 5) is 20.4. The van der Waals surface area contributed by atoms with Crippen LogP contribution in [0.15, 0.2) is 12.1 Å². The second-order valence-corrected chi connectivity index (χ2v) is 2.94. The molecule has 7 heteroatoms. The molecule has 0 aliphatic rings.